The molecule has 158 valence electrons. The van der Waals surface area contributed by atoms with Crippen molar-refractivity contribution < 1.29 is 14.3 Å². The number of carbonyl (C=O) groups is 2. The van der Waals surface area contributed by atoms with E-state index in [1.54, 1.807) is 17.9 Å². The lowest BCUT2D eigenvalue weighted by Crippen LogP contribution is -2.44. The van der Waals surface area contributed by atoms with Gasteiger partial charge >= 0.3 is 0 Å². The fourth-order valence-corrected chi connectivity index (χ4v) is 4.49. The van der Waals surface area contributed by atoms with Crippen molar-refractivity contribution in [1.29, 1.82) is 0 Å². The molecule has 1 saturated heterocycles. The van der Waals surface area contributed by atoms with Gasteiger partial charge in [-0.05, 0) is 41.8 Å². The van der Waals surface area contributed by atoms with Crippen molar-refractivity contribution in [3.05, 3.63) is 64.2 Å². The van der Waals surface area contributed by atoms with Crippen LogP contribution in [0.1, 0.15) is 34.5 Å². The number of nitrogens with one attached hydrogen (secondary N) is 1. The van der Waals surface area contributed by atoms with Gasteiger partial charge in [-0.3, -0.25) is 14.5 Å². The Labute approximate surface area is 181 Å². The van der Waals surface area contributed by atoms with E-state index in [9.17, 15) is 9.59 Å². The molecule has 0 radical (unpaired) electrons. The summed E-state index contributed by atoms with van der Waals surface area (Å²) < 4.78 is 5.49. The Hall–Kier alpha value is -2.41. The fourth-order valence-electron chi connectivity index (χ4n) is 4.23. The second-order valence-electron chi connectivity index (χ2n) is 7.66. The van der Waals surface area contributed by atoms with Gasteiger partial charge in [0.25, 0.3) is 5.91 Å². The predicted molar refractivity (Wildman–Crippen MR) is 117 cm³/mol. The van der Waals surface area contributed by atoms with Crippen molar-refractivity contribution >= 4 is 29.1 Å². The average Bonchev–Trinajstić information content (AvgIpc) is 3.19. The number of nitrogens with zero attached hydrogens (tertiary/aromatic N) is 2. The lowest BCUT2D eigenvalue weighted by molar-refractivity contribution is -0.116. The molecule has 1 unspecified atom stereocenters. The molecule has 6 nitrogen and oxygen atoms in total. The van der Waals surface area contributed by atoms with Crippen molar-refractivity contribution in [2.24, 2.45) is 0 Å². The van der Waals surface area contributed by atoms with Gasteiger partial charge in [0.05, 0.1) is 19.3 Å². The molecule has 2 aliphatic rings. The average molecular weight is 428 g/mol. The fraction of sp³-hybridized carbons (Fsp3) is 0.391. The zero-order chi connectivity index (χ0) is 21.1. The summed E-state index contributed by atoms with van der Waals surface area (Å²) in [4.78, 5) is 28.7. The third-order valence-corrected chi connectivity index (χ3v) is 6.17. The van der Waals surface area contributed by atoms with Crippen LogP contribution in [0.5, 0.6) is 0 Å². The van der Waals surface area contributed by atoms with E-state index in [1.165, 1.54) is 0 Å². The second kappa shape index (κ2) is 9.16. The maximum absolute atomic E-state index is 12.9. The Kier molecular flexibility index (Phi) is 6.37. The molecule has 0 aromatic heterocycles. The summed E-state index contributed by atoms with van der Waals surface area (Å²) in [5, 5.41) is 3.79. The summed E-state index contributed by atoms with van der Waals surface area (Å²) in [5.74, 6) is -0.0940. The van der Waals surface area contributed by atoms with Gasteiger partial charge < -0.3 is 15.0 Å². The number of hydrogen-bond acceptors (Lipinski definition) is 4. The Balaban J connectivity index is 1.49. The number of anilines is 1. The van der Waals surface area contributed by atoms with E-state index in [0.29, 0.717) is 36.9 Å². The Morgan fingerprint density at radius 3 is 2.63 bits per heavy atom. The summed E-state index contributed by atoms with van der Waals surface area (Å²) in [6.45, 7) is 5.63. The first-order valence-electron chi connectivity index (χ1n) is 10.3. The molecular formula is C23H26ClN3O3. The number of carbonyl (C=O) groups excluding carboxylic acids is 2. The predicted octanol–water partition coefficient (Wildman–Crippen LogP) is 3.05. The molecule has 1 N–H and O–H groups in total. The van der Waals surface area contributed by atoms with Crippen LogP contribution in [0.4, 0.5) is 5.69 Å². The van der Waals surface area contributed by atoms with Crippen LogP contribution in [0, 0.1) is 0 Å². The molecule has 0 aliphatic carbocycles. The van der Waals surface area contributed by atoms with Gasteiger partial charge in [-0.1, -0.05) is 29.8 Å². The maximum atomic E-state index is 12.9. The first-order chi connectivity index (χ1) is 14.5. The highest BCUT2D eigenvalue weighted by atomic mass is 35.5. The van der Waals surface area contributed by atoms with Crippen LogP contribution < -0.4 is 10.2 Å². The largest absolute Gasteiger partial charge is 0.379 e. The molecule has 0 saturated carbocycles. The summed E-state index contributed by atoms with van der Waals surface area (Å²) >= 11 is 6.47. The first-order valence-corrected chi connectivity index (χ1v) is 10.7. The first kappa shape index (κ1) is 20.8. The summed E-state index contributed by atoms with van der Waals surface area (Å²) in [7, 11) is 0. The number of fused-ring (bicyclic) bond motifs is 1. The highest BCUT2D eigenvalue weighted by Crippen LogP contribution is 2.30. The van der Waals surface area contributed by atoms with Crippen LogP contribution in [0.15, 0.2) is 42.5 Å². The van der Waals surface area contributed by atoms with Gasteiger partial charge in [0, 0.05) is 49.4 Å². The molecule has 2 heterocycles. The van der Waals surface area contributed by atoms with E-state index < -0.39 is 0 Å². The topological polar surface area (TPSA) is 61.9 Å². The standard InChI is InChI=1S/C23H26ClN3O3/c1-16(28)27-9-8-17-14-18(6-7-21(17)27)23(29)25-15-22(26-10-12-30-13-11-26)19-4-2-3-5-20(19)24/h2-7,14,22H,8-13,15H2,1H3,(H,25,29). The van der Waals surface area contributed by atoms with Gasteiger partial charge in [-0.25, -0.2) is 0 Å². The summed E-state index contributed by atoms with van der Waals surface area (Å²) in [6.07, 6.45) is 0.770. The van der Waals surface area contributed by atoms with Crippen LogP contribution >= 0.6 is 11.6 Å². The van der Waals surface area contributed by atoms with Crippen molar-refractivity contribution in [1.82, 2.24) is 10.2 Å². The zero-order valence-corrected chi connectivity index (χ0v) is 17.8. The molecule has 1 fully saturated rings. The van der Waals surface area contributed by atoms with E-state index in [-0.39, 0.29) is 17.9 Å². The van der Waals surface area contributed by atoms with E-state index in [2.05, 4.69) is 10.2 Å². The Morgan fingerprint density at radius 2 is 1.90 bits per heavy atom. The number of morpholine rings is 1. The van der Waals surface area contributed by atoms with E-state index >= 15 is 0 Å². The van der Waals surface area contributed by atoms with Crippen LogP contribution in [0.25, 0.3) is 0 Å². The number of benzene rings is 2. The molecule has 0 bridgehead atoms. The van der Waals surface area contributed by atoms with Crippen molar-refractivity contribution in [3.8, 4) is 0 Å². The monoisotopic (exact) mass is 427 g/mol. The molecule has 2 amide bonds. The number of hydrogen-bond donors (Lipinski definition) is 1. The molecule has 2 aromatic rings. The molecule has 2 aliphatic heterocycles. The second-order valence-corrected chi connectivity index (χ2v) is 8.07. The lowest BCUT2D eigenvalue weighted by Gasteiger charge is -2.35. The van der Waals surface area contributed by atoms with E-state index in [0.717, 1.165) is 36.3 Å². The molecule has 7 heteroatoms. The highest BCUT2D eigenvalue weighted by molar-refractivity contribution is 6.31. The maximum Gasteiger partial charge on any atom is 0.251 e. The quantitative estimate of drug-likeness (QED) is 0.796. The molecular weight excluding hydrogens is 402 g/mol. The minimum Gasteiger partial charge on any atom is -0.379 e. The Bertz CT molecular complexity index is 943. The highest BCUT2D eigenvalue weighted by Gasteiger charge is 2.26. The van der Waals surface area contributed by atoms with Crippen LogP contribution in [0.2, 0.25) is 5.02 Å². The van der Waals surface area contributed by atoms with Gasteiger partial charge in [0.15, 0.2) is 0 Å². The van der Waals surface area contributed by atoms with Crippen molar-refractivity contribution in [2.45, 2.75) is 19.4 Å². The number of ether oxygens (including phenoxy) is 1. The summed E-state index contributed by atoms with van der Waals surface area (Å²) in [5.41, 5.74) is 3.56. The number of rotatable bonds is 5. The van der Waals surface area contributed by atoms with Gasteiger partial charge in [-0.2, -0.15) is 0 Å². The SMILES string of the molecule is CC(=O)N1CCc2cc(C(=O)NCC(c3ccccc3Cl)N3CCOCC3)ccc21. The third kappa shape index (κ3) is 4.36. The van der Waals surface area contributed by atoms with Crippen molar-refractivity contribution in [2.75, 3.05) is 44.3 Å². The molecule has 30 heavy (non-hydrogen) atoms. The van der Waals surface area contributed by atoms with Crippen molar-refractivity contribution in [3.63, 3.8) is 0 Å². The number of amides is 2. The van der Waals surface area contributed by atoms with E-state index in [4.69, 9.17) is 16.3 Å². The van der Waals surface area contributed by atoms with E-state index in [1.807, 2.05) is 36.4 Å². The third-order valence-electron chi connectivity index (χ3n) is 5.82. The number of halogens is 1. The minimum atomic E-state index is -0.121. The minimum absolute atomic E-state index is 0.0193. The molecule has 1 atom stereocenters. The van der Waals surface area contributed by atoms with Crippen LogP contribution in [-0.2, 0) is 16.0 Å². The smallest absolute Gasteiger partial charge is 0.251 e. The van der Waals surface area contributed by atoms with Gasteiger partial charge in [0.1, 0.15) is 0 Å². The Morgan fingerprint density at radius 1 is 1.13 bits per heavy atom. The lowest BCUT2D eigenvalue weighted by atomic mass is 10.0. The zero-order valence-electron chi connectivity index (χ0n) is 17.1. The molecule has 2 aromatic carbocycles. The van der Waals surface area contributed by atoms with Crippen LogP contribution in [0.3, 0.4) is 0 Å². The van der Waals surface area contributed by atoms with Gasteiger partial charge in [0.2, 0.25) is 5.91 Å². The summed E-state index contributed by atoms with van der Waals surface area (Å²) in [6, 6.07) is 13.3. The molecule has 4 rings (SSSR count). The van der Waals surface area contributed by atoms with Crippen LogP contribution in [-0.4, -0.2) is 56.1 Å². The molecule has 0 spiro atoms. The normalized spacial score (nSPS) is 17.5. The van der Waals surface area contributed by atoms with Gasteiger partial charge in [-0.15, -0.1) is 0 Å².